The number of carboxylic acid groups (broad SMARTS) is 1. The fourth-order valence-electron chi connectivity index (χ4n) is 3.51. The number of carbonyl (C=O) groups is 3. The van der Waals surface area contributed by atoms with Crippen LogP contribution in [0.25, 0.3) is 0 Å². The third-order valence-electron chi connectivity index (χ3n) is 5.37. The summed E-state index contributed by atoms with van der Waals surface area (Å²) in [6, 6.07) is 7.38. The van der Waals surface area contributed by atoms with Crippen LogP contribution in [0.5, 0.6) is 5.75 Å². The van der Waals surface area contributed by atoms with Gasteiger partial charge in [-0.25, -0.2) is 18.1 Å². The average molecular weight is 495 g/mol. The molecule has 3 rings (SSSR count). The standard InChI is InChI=1S/C22H26N2O7S2/c1-6-31-20(26)17-13(2)16-18(25)24(22(3,4)21(27)28)33(29)23(19(16)32-17)12-11-14-9-7-8-10-15(14)30-5/h7-10H,6,11-12H2,1-5H3,(H,27,28). The lowest BCUT2D eigenvalue weighted by Gasteiger charge is -2.40. The van der Waals surface area contributed by atoms with E-state index in [9.17, 15) is 23.7 Å². The first kappa shape index (κ1) is 24.7. The van der Waals surface area contributed by atoms with Crippen LogP contribution in [-0.4, -0.2) is 57.3 Å². The number of carboxylic acids is 1. The van der Waals surface area contributed by atoms with Gasteiger partial charge in [-0.2, -0.15) is 0 Å². The first-order valence-corrected chi connectivity index (χ1v) is 12.1. The number of rotatable bonds is 8. The monoisotopic (exact) mass is 494 g/mol. The van der Waals surface area contributed by atoms with E-state index in [4.69, 9.17) is 9.47 Å². The lowest BCUT2D eigenvalue weighted by molar-refractivity contribution is -0.145. The molecule has 1 atom stereocenters. The Morgan fingerprint density at radius 3 is 2.52 bits per heavy atom. The molecule has 1 amide bonds. The fraction of sp³-hybridized carbons (Fsp3) is 0.409. The zero-order valence-corrected chi connectivity index (χ0v) is 20.7. The van der Waals surface area contributed by atoms with Crippen LogP contribution < -0.4 is 9.04 Å². The Labute approximate surface area is 198 Å². The minimum Gasteiger partial charge on any atom is -0.496 e. The molecule has 0 spiro atoms. The molecule has 1 aliphatic rings. The van der Waals surface area contributed by atoms with E-state index in [1.165, 1.54) is 18.2 Å². The van der Waals surface area contributed by atoms with Crippen LogP contribution in [0.4, 0.5) is 5.00 Å². The number of nitrogens with zero attached hydrogens (tertiary/aromatic N) is 2. The predicted molar refractivity (Wildman–Crippen MR) is 125 cm³/mol. The van der Waals surface area contributed by atoms with E-state index in [1.54, 1.807) is 21.0 Å². The summed E-state index contributed by atoms with van der Waals surface area (Å²) in [6.07, 6.45) is 0.413. The molecule has 9 nitrogen and oxygen atoms in total. The Balaban J connectivity index is 2.11. The smallest absolute Gasteiger partial charge is 0.348 e. The normalized spacial score (nSPS) is 15.9. The molecule has 11 heteroatoms. The molecule has 2 aromatic rings. The van der Waals surface area contributed by atoms with Gasteiger partial charge in [0.25, 0.3) is 5.91 Å². The largest absolute Gasteiger partial charge is 0.496 e. The fourth-order valence-corrected chi connectivity index (χ4v) is 6.31. The van der Waals surface area contributed by atoms with Crippen molar-refractivity contribution in [1.29, 1.82) is 0 Å². The highest BCUT2D eigenvalue weighted by Crippen LogP contribution is 2.43. The van der Waals surface area contributed by atoms with E-state index in [0.717, 1.165) is 21.2 Å². The number of carbonyl (C=O) groups excluding carboxylic acids is 2. The van der Waals surface area contributed by atoms with E-state index in [-0.39, 0.29) is 23.6 Å². The third-order valence-corrected chi connectivity index (χ3v) is 8.45. The van der Waals surface area contributed by atoms with Crippen LogP contribution >= 0.6 is 11.3 Å². The van der Waals surface area contributed by atoms with Gasteiger partial charge in [-0.1, -0.05) is 18.2 Å². The molecule has 0 radical (unpaired) electrons. The summed E-state index contributed by atoms with van der Waals surface area (Å²) in [5.41, 5.74) is -0.347. The quantitative estimate of drug-likeness (QED) is 0.561. The summed E-state index contributed by atoms with van der Waals surface area (Å²) in [5.74, 6) is -1.92. The maximum Gasteiger partial charge on any atom is 0.348 e. The Morgan fingerprint density at radius 1 is 1.24 bits per heavy atom. The molecule has 178 valence electrons. The number of ether oxygens (including phenoxy) is 2. The van der Waals surface area contributed by atoms with E-state index < -0.39 is 34.6 Å². The van der Waals surface area contributed by atoms with Crippen molar-refractivity contribution in [3.8, 4) is 5.75 Å². The minimum atomic E-state index is -2.14. The number of thiophene rings is 1. The molecule has 0 bridgehead atoms. The number of benzene rings is 1. The van der Waals surface area contributed by atoms with Crippen molar-refractivity contribution in [3.63, 3.8) is 0 Å². The van der Waals surface area contributed by atoms with Gasteiger partial charge >= 0.3 is 11.9 Å². The second kappa shape index (κ2) is 9.52. The van der Waals surface area contributed by atoms with Gasteiger partial charge in [0.2, 0.25) is 11.2 Å². The predicted octanol–water partition coefficient (Wildman–Crippen LogP) is 3.19. The molecule has 1 N–H and O–H groups in total. The van der Waals surface area contributed by atoms with Crippen LogP contribution in [0.15, 0.2) is 24.3 Å². The number of hydrogen-bond donors (Lipinski definition) is 1. The van der Waals surface area contributed by atoms with Crippen molar-refractivity contribution >= 4 is 45.4 Å². The van der Waals surface area contributed by atoms with Crippen LogP contribution in [0.3, 0.4) is 0 Å². The molecule has 1 aromatic heterocycles. The van der Waals surface area contributed by atoms with Crippen molar-refractivity contribution in [1.82, 2.24) is 4.31 Å². The molecule has 1 aromatic carbocycles. The molecule has 2 heterocycles. The van der Waals surface area contributed by atoms with E-state index >= 15 is 0 Å². The summed E-state index contributed by atoms with van der Waals surface area (Å²) >= 11 is -1.11. The van der Waals surface area contributed by atoms with Crippen LogP contribution in [0, 0.1) is 6.92 Å². The summed E-state index contributed by atoms with van der Waals surface area (Å²) < 4.78 is 26.4. The maximum absolute atomic E-state index is 13.6. The van der Waals surface area contributed by atoms with Gasteiger partial charge in [-0.3, -0.25) is 9.10 Å². The maximum atomic E-state index is 13.6. The molecule has 0 saturated heterocycles. The zero-order chi connectivity index (χ0) is 24.5. The number of hydrogen-bond acceptors (Lipinski definition) is 7. The van der Waals surface area contributed by atoms with Gasteiger partial charge in [-0.05, 0) is 51.3 Å². The molecular weight excluding hydrogens is 468 g/mol. The number of para-hydroxylation sites is 1. The number of fused-ring (bicyclic) bond motifs is 1. The number of aliphatic carboxylic acids is 1. The first-order chi connectivity index (χ1) is 15.6. The molecule has 1 unspecified atom stereocenters. The van der Waals surface area contributed by atoms with E-state index in [1.807, 2.05) is 24.3 Å². The first-order valence-electron chi connectivity index (χ1n) is 10.3. The Morgan fingerprint density at radius 2 is 1.91 bits per heavy atom. The summed E-state index contributed by atoms with van der Waals surface area (Å²) in [6.45, 7) is 6.29. The lowest BCUT2D eigenvalue weighted by Crippen LogP contribution is -2.59. The van der Waals surface area contributed by atoms with Gasteiger partial charge in [0.15, 0.2) is 0 Å². The Bertz CT molecular complexity index is 1130. The van der Waals surface area contributed by atoms with Gasteiger partial charge < -0.3 is 14.6 Å². The van der Waals surface area contributed by atoms with Crippen molar-refractivity contribution < 1.29 is 33.2 Å². The van der Waals surface area contributed by atoms with Crippen molar-refractivity contribution in [2.75, 3.05) is 24.6 Å². The van der Waals surface area contributed by atoms with Gasteiger partial charge in [0, 0.05) is 6.54 Å². The molecular formula is C22H26N2O7S2. The number of amides is 1. The van der Waals surface area contributed by atoms with Gasteiger partial charge in [0.05, 0.1) is 19.3 Å². The average Bonchev–Trinajstić information content (AvgIpc) is 3.11. The summed E-state index contributed by atoms with van der Waals surface area (Å²) in [5, 5.41) is 10.1. The molecule has 0 fully saturated rings. The topological polar surface area (TPSA) is 113 Å². The number of methoxy groups -OCH3 is 1. The van der Waals surface area contributed by atoms with Crippen molar-refractivity contribution in [2.24, 2.45) is 0 Å². The van der Waals surface area contributed by atoms with Gasteiger partial charge in [0.1, 0.15) is 21.2 Å². The second-order valence-corrected chi connectivity index (χ2v) is 10.1. The van der Waals surface area contributed by atoms with Crippen LogP contribution in [0.2, 0.25) is 0 Å². The molecule has 1 aliphatic heterocycles. The summed E-state index contributed by atoms with van der Waals surface area (Å²) in [7, 11) is 1.56. The van der Waals surface area contributed by atoms with Crippen LogP contribution in [-0.2, 0) is 27.1 Å². The Kier molecular flexibility index (Phi) is 7.13. The highest BCUT2D eigenvalue weighted by Gasteiger charge is 2.49. The lowest BCUT2D eigenvalue weighted by atomic mass is 10.0. The van der Waals surface area contributed by atoms with E-state index in [2.05, 4.69) is 0 Å². The van der Waals surface area contributed by atoms with Crippen molar-refractivity contribution in [3.05, 3.63) is 45.8 Å². The Hall–Kier alpha value is -2.92. The van der Waals surface area contributed by atoms with E-state index in [0.29, 0.717) is 22.7 Å². The van der Waals surface area contributed by atoms with Crippen molar-refractivity contribution in [2.45, 2.75) is 39.7 Å². The minimum absolute atomic E-state index is 0.163. The number of esters is 1. The molecule has 33 heavy (non-hydrogen) atoms. The number of anilines is 1. The SMILES string of the molecule is CCOC(=O)c1sc2c(c1C)C(=O)N(C(C)(C)C(=O)O)S(=O)N2CCc1ccccc1OC. The third kappa shape index (κ3) is 4.34. The van der Waals surface area contributed by atoms with Gasteiger partial charge in [-0.15, -0.1) is 11.3 Å². The zero-order valence-electron chi connectivity index (χ0n) is 19.0. The highest BCUT2D eigenvalue weighted by atomic mass is 32.2. The van der Waals surface area contributed by atoms with Crippen LogP contribution in [0.1, 0.15) is 51.9 Å². The summed E-state index contributed by atoms with van der Waals surface area (Å²) in [4.78, 5) is 38.0. The molecule has 0 aliphatic carbocycles. The highest BCUT2D eigenvalue weighted by molar-refractivity contribution is 7.85. The second-order valence-electron chi connectivity index (χ2n) is 7.82. The molecule has 0 saturated carbocycles.